The number of carbonyl (C=O) groups is 1. The summed E-state index contributed by atoms with van der Waals surface area (Å²) in [6.07, 6.45) is 0. The topological polar surface area (TPSA) is 73.0 Å². The van der Waals surface area contributed by atoms with E-state index in [0.717, 1.165) is 22.2 Å². The number of para-hydroxylation sites is 2. The molecule has 0 saturated carbocycles. The summed E-state index contributed by atoms with van der Waals surface area (Å²) in [6.45, 7) is 3.43. The van der Waals surface area contributed by atoms with Crippen LogP contribution in [-0.4, -0.2) is 20.7 Å². The summed E-state index contributed by atoms with van der Waals surface area (Å²) in [5.41, 5.74) is 5.73. The number of Topliss-reactive ketones (excluding diaryl/α,β-unsaturated/α-hetero) is 1. The summed E-state index contributed by atoms with van der Waals surface area (Å²) in [7, 11) is 0. The van der Waals surface area contributed by atoms with Gasteiger partial charge in [-0.3, -0.25) is 10.2 Å². The van der Waals surface area contributed by atoms with E-state index >= 15 is 0 Å². The molecule has 2 aromatic heterocycles. The van der Waals surface area contributed by atoms with Gasteiger partial charge in [0.05, 0.1) is 5.69 Å². The molecule has 0 aliphatic carbocycles. The number of nitrogens with zero attached hydrogens (tertiary/aromatic N) is 3. The van der Waals surface area contributed by atoms with Crippen molar-refractivity contribution in [1.29, 1.82) is 0 Å². The molecule has 4 aromatic rings. The number of ketones is 1. The van der Waals surface area contributed by atoms with E-state index in [0.29, 0.717) is 11.6 Å². The summed E-state index contributed by atoms with van der Waals surface area (Å²) in [5.74, 6) is 1.09. The average molecular weight is 332 g/mol. The molecule has 0 aliphatic heterocycles. The van der Waals surface area contributed by atoms with Gasteiger partial charge in [0.1, 0.15) is 5.58 Å². The van der Waals surface area contributed by atoms with Crippen LogP contribution in [0.2, 0.25) is 0 Å². The van der Waals surface area contributed by atoms with Crippen LogP contribution in [0.15, 0.2) is 59.0 Å². The molecule has 0 amide bonds. The molecule has 0 fully saturated rings. The standard InChI is InChI=1S/C19H16N4O2/c1-12-15-10-6-7-11-16(15)25-17(12)19-21-20-18(13(2)24)23(19)22-14-8-4-3-5-9-14/h3-11,22H,1-2H3. The van der Waals surface area contributed by atoms with Gasteiger partial charge >= 0.3 is 0 Å². The highest BCUT2D eigenvalue weighted by Crippen LogP contribution is 2.32. The Morgan fingerprint density at radius 1 is 1.04 bits per heavy atom. The van der Waals surface area contributed by atoms with Gasteiger partial charge in [-0.1, -0.05) is 36.4 Å². The van der Waals surface area contributed by atoms with Crippen LogP contribution in [0.4, 0.5) is 5.69 Å². The minimum atomic E-state index is -0.184. The highest BCUT2D eigenvalue weighted by atomic mass is 16.3. The van der Waals surface area contributed by atoms with E-state index in [1.807, 2.05) is 61.5 Å². The average Bonchev–Trinajstić information content (AvgIpc) is 3.17. The number of carbonyl (C=O) groups excluding carboxylic acids is 1. The van der Waals surface area contributed by atoms with E-state index in [2.05, 4.69) is 15.6 Å². The fourth-order valence-electron chi connectivity index (χ4n) is 2.79. The van der Waals surface area contributed by atoms with Crippen molar-refractivity contribution in [3.8, 4) is 11.6 Å². The lowest BCUT2D eigenvalue weighted by atomic mass is 10.1. The number of anilines is 1. The second kappa shape index (κ2) is 5.90. The lowest BCUT2D eigenvalue weighted by molar-refractivity contribution is 0.100. The van der Waals surface area contributed by atoms with Gasteiger partial charge in [-0.05, 0) is 25.1 Å². The number of nitrogens with one attached hydrogen (secondary N) is 1. The summed E-state index contributed by atoms with van der Waals surface area (Å²) in [5, 5.41) is 9.25. The molecule has 4 rings (SSSR count). The minimum absolute atomic E-state index is 0.184. The first kappa shape index (κ1) is 15.1. The SMILES string of the molecule is CC(=O)c1nnc(-c2oc3ccccc3c2C)n1Nc1ccccc1. The second-order valence-corrected chi connectivity index (χ2v) is 5.77. The first-order valence-electron chi connectivity index (χ1n) is 7.92. The number of hydrogen-bond donors (Lipinski definition) is 1. The number of hydrogen-bond acceptors (Lipinski definition) is 5. The number of fused-ring (bicyclic) bond motifs is 1. The Balaban J connectivity index is 1.89. The normalized spacial score (nSPS) is 11.0. The minimum Gasteiger partial charge on any atom is -0.452 e. The first-order valence-corrected chi connectivity index (χ1v) is 7.92. The van der Waals surface area contributed by atoms with Gasteiger partial charge in [0.2, 0.25) is 11.6 Å². The third-order valence-corrected chi connectivity index (χ3v) is 4.04. The zero-order valence-electron chi connectivity index (χ0n) is 13.9. The molecule has 6 heteroatoms. The summed E-state index contributed by atoms with van der Waals surface area (Å²) in [6, 6.07) is 17.3. The predicted molar refractivity (Wildman–Crippen MR) is 95.4 cm³/mol. The maximum Gasteiger partial charge on any atom is 0.219 e. The van der Waals surface area contributed by atoms with Gasteiger partial charge in [-0.25, -0.2) is 4.68 Å². The lowest BCUT2D eigenvalue weighted by Gasteiger charge is -2.11. The van der Waals surface area contributed by atoms with Crippen LogP contribution >= 0.6 is 0 Å². The molecule has 1 N–H and O–H groups in total. The maximum atomic E-state index is 12.0. The van der Waals surface area contributed by atoms with Crippen LogP contribution in [0, 0.1) is 6.92 Å². The van der Waals surface area contributed by atoms with Gasteiger partial charge in [0, 0.05) is 17.9 Å². The first-order chi connectivity index (χ1) is 12.1. The molecular formula is C19H16N4O2. The molecule has 124 valence electrons. The van der Waals surface area contributed by atoms with E-state index in [1.165, 1.54) is 6.92 Å². The van der Waals surface area contributed by atoms with Crippen molar-refractivity contribution >= 4 is 22.4 Å². The van der Waals surface area contributed by atoms with Crippen molar-refractivity contribution in [2.75, 3.05) is 5.43 Å². The highest BCUT2D eigenvalue weighted by molar-refractivity contribution is 5.92. The summed E-state index contributed by atoms with van der Waals surface area (Å²) < 4.78 is 7.55. The van der Waals surface area contributed by atoms with Gasteiger partial charge < -0.3 is 4.42 Å². The second-order valence-electron chi connectivity index (χ2n) is 5.77. The van der Waals surface area contributed by atoms with Crippen LogP contribution in [-0.2, 0) is 0 Å². The molecular weight excluding hydrogens is 316 g/mol. The molecule has 0 spiro atoms. The van der Waals surface area contributed by atoms with E-state index < -0.39 is 0 Å². The van der Waals surface area contributed by atoms with Crippen LogP contribution in [0.3, 0.4) is 0 Å². The smallest absolute Gasteiger partial charge is 0.219 e. The molecule has 2 heterocycles. The Kier molecular flexibility index (Phi) is 3.57. The fourth-order valence-corrected chi connectivity index (χ4v) is 2.79. The zero-order valence-corrected chi connectivity index (χ0v) is 13.9. The number of aryl methyl sites for hydroxylation is 1. The van der Waals surface area contributed by atoms with E-state index in [-0.39, 0.29) is 11.6 Å². The van der Waals surface area contributed by atoms with Crippen LogP contribution in [0.1, 0.15) is 23.1 Å². The number of rotatable bonds is 4. The largest absolute Gasteiger partial charge is 0.452 e. The van der Waals surface area contributed by atoms with E-state index in [1.54, 1.807) is 4.68 Å². The molecule has 0 unspecified atom stereocenters. The Labute approximate surface area is 144 Å². The Hall–Kier alpha value is -3.41. The third-order valence-electron chi connectivity index (χ3n) is 4.04. The number of benzene rings is 2. The summed E-state index contributed by atoms with van der Waals surface area (Å²) >= 11 is 0. The molecule has 0 bridgehead atoms. The molecule has 0 atom stereocenters. The Morgan fingerprint density at radius 2 is 1.76 bits per heavy atom. The molecule has 25 heavy (non-hydrogen) atoms. The van der Waals surface area contributed by atoms with Crippen molar-refractivity contribution in [3.63, 3.8) is 0 Å². The van der Waals surface area contributed by atoms with E-state index in [9.17, 15) is 4.79 Å². The van der Waals surface area contributed by atoms with Crippen LogP contribution < -0.4 is 5.43 Å². The monoisotopic (exact) mass is 332 g/mol. The lowest BCUT2D eigenvalue weighted by Crippen LogP contribution is -2.16. The number of aromatic nitrogens is 3. The molecule has 0 aliphatic rings. The van der Waals surface area contributed by atoms with Gasteiger partial charge in [0.15, 0.2) is 11.5 Å². The van der Waals surface area contributed by atoms with E-state index in [4.69, 9.17) is 4.42 Å². The van der Waals surface area contributed by atoms with Crippen molar-refractivity contribution < 1.29 is 9.21 Å². The number of furan rings is 1. The van der Waals surface area contributed by atoms with Gasteiger partial charge in [-0.15, -0.1) is 10.2 Å². The van der Waals surface area contributed by atoms with Crippen molar-refractivity contribution in [1.82, 2.24) is 14.9 Å². The zero-order chi connectivity index (χ0) is 17.4. The van der Waals surface area contributed by atoms with Crippen molar-refractivity contribution in [2.24, 2.45) is 0 Å². The van der Waals surface area contributed by atoms with Crippen molar-refractivity contribution in [3.05, 3.63) is 66.0 Å². The van der Waals surface area contributed by atoms with Gasteiger partial charge in [0.25, 0.3) is 0 Å². The predicted octanol–water partition coefficient (Wildman–Crippen LogP) is 4.08. The Bertz CT molecular complexity index is 1060. The van der Waals surface area contributed by atoms with Crippen LogP contribution in [0.5, 0.6) is 0 Å². The van der Waals surface area contributed by atoms with Crippen molar-refractivity contribution in [2.45, 2.75) is 13.8 Å². The molecule has 0 radical (unpaired) electrons. The molecule has 6 nitrogen and oxygen atoms in total. The highest BCUT2D eigenvalue weighted by Gasteiger charge is 2.22. The quantitative estimate of drug-likeness (QED) is 0.570. The fraction of sp³-hybridized carbons (Fsp3) is 0.105. The van der Waals surface area contributed by atoms with Crippen LogP contribution in [0.25, 0.3) is 22.6 Å². The third kappa shape index (κ3) is 2.57. The summed E-state index contributed by atoms with van der Waals surface area (Å²) in [4.78, 5) is 12.0. The molecule has 2 aromatic carbocycles. The maximum absolute atomic E-state index is 12.0. The van der Waals surface area contributed by atoms with Gasteiger partial charge in [-0.2, -0.15) is 0 Å². The molecule has 0 saturated heterocycles. The Morgan fingerprint density at radius 3 is 2.48 bits per heavy atom.